The highest BCUT2D eigenvalue weighted by Gasteiger charge is 2.15. The van der Waals surface area contributed by atoms with Gasteiger partial charge in [0.15, 0.2) is 0 Å². The van der Waals surface area contributed by atoms with E-state index in [0.29, 0.717) is 0 Å². The predicted molar refractivity (Wildman–Crippen MR) is 62.8 cm³/mol. The van der Waals surface area contributed by atoms with Crippen molar-refractivity contribution in [3.8, 4) is 0 Å². The van der Waals surface area contributed by atoms with Crippen molar-refractivity contribution in [1.82, 2.24) is 0 Å². The first-order valence-corrected chi connectivity index (χ1v) is 5.70. The molecule has 0 spiro atoms. The van der Waals surface area contributed by atoms with E-state index in [2.05, 4.69) is 22.0 Å². The molecule has 0 amide bonds. The number of hydrogen-bond donors (Lipinski definition) is 2. The van der Waals surface area contributed by atoms with E-state index in [1.54, 1.807) is 6.07 Å². The lowest BCUT2D eigenvalue weighted by atomic mass is 10.3. The number of anilines is 1. The topological polar surface area (TPSA) is 91.1 Å². The van der Waals surface area contributed by atoms with Crippen molar-refractivity contribution in [2.24, 2.45) is 9.98 Å². The lowest BCUT2D eigenvalue weighted by molar-refractivity contribution is 0.483. The van der Waals surface area contributed by atoms with Crippen molar-refractivity contribution in [1.29, 1.82) is 0 Å². The minimum Gasteiger partial charge on any atom is -0.323 e. The molecule has 0 aliphatic carbocycles. The summed E-state index contributed by atoms with van der Waals surface area (Å²) in [7, 11) is -2.80. The largest absolute Gasteiger partial charge is 0.323 e. The van der Waals surface area contributed by atoms with Crippen LogP contribution < -0.4 is 5.32 Å². The van der Waals surface area contributed by atoms with Gasteiger partial charge in [-0.25, -0.2) is 4.99 Å². The van der Waals surface area contributed by atoms with Gasteiger partial charge < -0.3 is 5.32 Å². The lowest BCUT2D eigenvalue weighted by Crippen LogP contribution is -2.12. The third-order valence-electron chi connectivity index (χ3n) is 1.77. The van der Waals surface area contributed by atoms with E-state index in [4.69, 9.17) is 4.55 Å². The van der Waals surface area contributed by atoms with Crippen molar-refractivity contribution in [2.45, 2.75) is 4.90 Å². The van der Waals surface area contributed by atoms with Gasteiger partial charge in [0.25, 0.3) is 10.1 Å². The Labute approximate surface area is 93.5 Å². The second-order valence-electron chi connectivity index (χ2n) is 2.80. The van der Waals surface area contributed by atoms with Crippen LogP contribution in [0.3, 0.4) is 0 Å². The SMILES string of the molecule is C=NC(=NC)Nc1ccccc1S(=O)(=O)O. The smallest absolute Gasteiger partial charge is 0.296 e. The number of hydrogen-bond acceptors (Lipinski definition) is 3. The van der Waals surface area contributed by atoms with Crippen molar-refractivity contribution in [3.05, 3.63) is 24.3 Å². The van der Waals surface area contributed by atoms with E-state index in [1.165, 1.54) is 25.2 Å². The predicted octanol–water partition coefficient (Wildman–Crippen LogP) is 1.03. The monoisotopic (exact) mass is 241 g/mol. The number of nitrogens with one attached hydrogen (secondary N) is 1. The second-order valence-corrected chi connectivity index (χ2v) is 4.19. The summed E-state index contributed by atoms with van der Waals surface area (Å²) in [6.07, 6.45) is 0. The highest BCUT2D eigenvalue weighted by atomic mass is 32.2. The van der Waals surface area contributed by atoms with Crippen LogP contribution in [-0.2, 0) is 10.1 Å². The summed E-state index contributed by atoms with van der Waals surface area (Å²) in [5.41, 5.74) is 0.193. The summed E-state index contributed by atoms with van der Waals surface area (Å²) in [5.74, 6) is 0.163. The minimum atomic E-state index is -4.28. The Bertz CT molecular complexity index is 523. The van der Waals surface area contributed by atoms with E-state index in [1.807, 2.05) is 0 Å². The normalized spacial score (nSPS) is 12.2. The number of benzene rings is 1. The molecule has 0 heterocycles. The minimum absolute atomic E-state index is 0.163. The summed E-state index contributed by atoms with van der Waals surface area (Å²) >= 11 is 0. The molecule has 0 aliphatic heterocycles. The van der Waals surface area contributed by atoms with E-state index >= 15 is 0 Å². The van der Waals surface area contributed by atoms with E-state index in [9.17, 15) is 8.42 Å². The Kier molecular flexibility index (Phi) is 3.75. The van der Waals surface area contributed by atoms with Crippen molar-refractivity contribution >= 4 is 28.5 Å². The molecule has 0 unspecified atom stereocenters. The molecule has 0 aliphatic rings. The third-order valence-corrected chi connectivity index (χ3v) is 2.68. The molecule has 1 aromatic carbocycles. The lowest BCUT2D eigenvalue weighted by Gasteiger charge is -2.08. The molecule has 6 nitrogen and oxygen atoms in total. The molecule has 0 aromatic heterocycles. The standard InChI is InChI=1S/C9H11N3O3S/c1-10-9(11-2)12-7-5-3-4-6-8(7)16(13,14)15/h3-6H,1H2,2H3,(H,11,12)(H,13,14,15). The Morgan fingerprint density at radius 3 is 2.56 bits per heavy atom. The zero-order chi connectivity index (χ0) is 12.2. The third kappa shape index (κ3) is 2.88. The zero-order valence-electron chi connectivity index (χ0n) is 8.58. The van der Waals surface area contributed by atoms with E-state index in [-0.39, 0.29) is 16.5 Å². The molecule has 1 rings (SSSR count). The number of para-hydroxylation sites is 1. The molecule has 0 saturated heterocycles. The molecule has 0 atom stereocenters. The van der Waals surface area contributed by atoms with Gasteiger partial charge in [-0.05, 0) is 18.9 Å². The van der Waals surface area contributed by atoms with Crippen LogP contribution in [0.4, 0.5) is 5.69 Å². The van der Waals surface area contributed by atoms with E-state index in [0.717, 1.165) is 0 Å². The molecule has 2 N–H and O–H groups in total. The van der Waals surface area contributed by atoms with Gasteiger partial charge in [-0.3, -0.25) is 9.55 Å². The van der Waals surface area contributed by atoms with Crippen LogP contribution in [0.5, 0.6) is 0 Å². The number of nitrogens with zero attached hydrogens (tertiary/aromatic N) is 2. The fourth-order valence-corrected chi connectivity index (χ4v) is 1.73. The van der Waals surface area contributed by atoms with Crippen LogP contribution in [0.15, 0.2) is 39.1 Å². The van der Waals surface area contributed by atoms with Gasteiger partial charge >= 0.3 is 0 Å². The Morgan fingerprint density at radius 1 is 1.44 bits per heavy atom. The Balaban J connectivity index is 3.20. The summed E-state index contributed by atoms with van der Waals surface area (Å²) < 4.78 is 31.1. The van der Waals surface area contributed by atoms with Crippen LogP contribution in [0.25, 0.3) is 0 Å². The second kappa shape index (κ2) is 4.86. The van der Waals surface area contributed by atoms with E-state index < -0.39 is 10.1 Å². The Hall–Kier alpha value is -1.73. The molecule has 86 valence electrons. The van der Waals surface area contributed by atoms with Gasteiger partial charge in [0, 0.05) is 7.05 Å². The Morgan fingerprint density at radius 2 is 2.06 bits per heavy atom. The maximum atomic E-state index is 11.0. The summed E-state index contributed by atoms with van der Waals surface area (Å²) in [4.78, 5) is 7.03. The summed E-state index contributed by atoms with van der Waals surface area (Å²) in [5, 5.41) is 2.64. The van der Waals surface area contributed by atoms with Gasteiger partial charge in [-0.15, -0.1) is 0 Å². The van der Waals surface area contributed by atoms with Crippen LogP contribution in [0, 0.1) is 0 Å². The molecule has 0 saturated carbocycles. The van der Waals surface area contributed by atoms with Gasteiger partial charge in [-0.2, -0.15) is 8.42 Å². The number of rotatable bonds is 2. The molecular weight excluding hydrogens is 230 g/mol. The average molecular weight is 241 g/mol. The molecule has 7 heteroatoms. The molecule has 16 heavy (non-hydrogen) atoms. The van der Waals surface area contributed by atoms with Crippen LogP contribution in [0.1, 0.15) is 0 Å². The first kappa shape index (κ1) is 12.3. The summed E-state index contributed by atoms with van der Waals surface area (Å²) in [6, 6.07) is 5.87. The maximum absolute atomic E-state index is 11.0. The molecule has 0 bridgehead atoms. The highest BCUT2D eigenvalue weighted by molar-refractivity contribution is 7.86. The van der Waals surface area contributed by atoms with Crippen molar-refractivity contribution < 1.29 is 13.0 Å². The van der Waals surface area contributed by atoms with Crippen LogP contribution >= 0.6 is 0 Å². The maximum Gasteiger partial charge on any atom is 0.296 e. The number of aliphatic imine (C=N–C) groups is 2. The van der Waals surface area contributed by atoms with Gasteiger partial charge in [-0.1, -0.05) is 12.1 Å². The fourth-order valence-electron chi connectivity index (χ4n) is 1.08. The first-order chi connectivity index (χ1) is 7.49. The molecule has 1 aromatic rings. The molecule has 0 radical (unpaired) electrons. The highest BCUT2D eigenvalue weighted by Crippen LogP contribution is 2.20. The molecule has 0 fully saturated rings. The molecular formula is C9H11N3O3S. The van der Waals surface area contributed by atoms with Gasteiger partial charge in [0.2, 0.25) is 5.96 Å². The van der Waals surface area contributed by atoms with Crippen molar-refractivity contribution in [2.75, 3.05) is 12.4 Å². The fraction of sp³-hybridized carbons (Fsp3) is 0.111. The van der Waals surface area contributed by atoms with Gasteiger partial charge in [0.05, 0.1) is 5.69 Å². The first-order valence-electron chi connectivity index (χ1n) is 4.26. The van der Waals surface area contributed by atoms with Crippen LogP contribution in [0.2, 0.25) is 0 Å². The number of guanidine groups is 1. The zero-order valence-corrected chi connectivity index (χ0v) is 9.40. The quantitative estimate of drug-likeness (QED) is 0.459. The summed E-state index contributed by atoms with van der Waals surface area (Å²) in [6.45, 7) is 3.26. The average Bonchev–Trinajstić information content (AvgIpc) is 2.25. The van der Waals surface area contributed by atoms with Gasteiger partial charge in [0.1, 0.15) is 4.90 Å². The van der Waals surface area contributed by atoms with Crippen molar-refractivity contribution in [3.63, 3.8) is 0 Å². The van der Waals surface area contributed by atoms with Crippen LogP contribution in [-0.4, -0.2) is 32.7 Å².